The van der Waals surface area contributed by atoms with Gasteiger partial charge >= 0.3 is 0 Å². The first kappa shape index (κ1) is 12.1. The number of halogens is 1. The van der Waals surface area contributed by atoms with Crippen LogP contribution in [0.15, 0.2) is 18.3 Å². The number of nitrogens with two attached hydrogens (primary N) is 1. The second-order valence-electron chi connectivity index (χ2n) is 3.40. The molecule has 90 valence electrons. The predicted octanol–water partition coefficient (Wildman–Crippen LogP) is 2.40. The van der Waals surface area contributed by atoms with Gasteiger partial charge in [-0.25, -0.2) is 10.8 Å². The molecular formula is C10H12ClN5S. The third-order valence-electron chi connectivity index (χ3n) is 2.10. The van der Waals surface area contributed by atoms with Crippen LogP contribution in [0.2, 0.25) is 5.02 Å². The Labute approximate surface area is 108 Å². The summed E-state index contributed by atoms with van der Waals surface area (Å²) in [7, 11) is 0. The fourth-order valence-electron chi connectivity index (χ4n) is 1.31. The third kappa shape index (κ3) is 3.06. The Kier molecular flexibility index (Phi) is 3.78. The molecule has 4 N–H and O–H groups in total. The Morgan fingerprint density at radius 3 is 2.94 bits per heavy atom. The maximum atomic E-state index is 5.97. The summed E-state index contributed by atoms with van der Waals surface area (Å²) in [6.45, 7) is 2.75. The zero-order chi connectivity index (χ0) is 12.3. The summed E-state index contributed by atoms with van der Waals surface area (Å²) < 4.78 is 0. The van der Waals surface area contributed by atoms with Crippen molar-refractivity contribution in [2.24, 2.45) is 5.84 Å². The fraction of sp³-hybridized carbons (Fsp3) is 0.200. The van der Waals surface area contributed by atoms with Gasteiger partial charge in [0, 0.05) is 9.75 Å². The summed E-state index contributed by atoms with van der Waals surface area (Å²) >= 11 is 7.71. The lowest BCUT2D eigenvalue weighted by atomic mass is 10.4. The first-order valence-corrected chi connectivity index (χ1v) is 6.17. The van der Waals surface area contributed by atoms with Crippen LogP contribution in [0.4, 0.5) is 11.8 Å². The summed E-state index contributed by atoms with van der Waals surface area (Å²) in [6, 6.07) is 4.15. The van der Waals surface area contributed by atoms with Gasteiger partial charge in [0.05, 0.1) is 12.7 Å². The number of thiophene rings is 1. The molecule has 0 aliphatic carbocycles. The van der Waals surface area contributed by atoms with Gasteiger partial charge in [0.25, 0.3) is 0 Å². The molecule has 0 bridgehead atoms. The highest BCUT2D eigenvalue weighted by Crippen LogP contribution is 2.21. The molecule has 17 heavy (non-hydrogen) atoms. The van der Waals surface area contributed by atoms with Crippen LogP contribution >= 0.6 is 22.9 Å². The number of anilines is 2. The smallest absolute Gasteiger partial charge is 0.239 e. The van der Waals surface area contributed by atoms with Crippen molar-refractivity contribution >= 4 is 34.7 Å². The average Bonchev–Trinajstić information content (AvgIpc) is 2.74. The van der Waals surface area contributed by atoms with E-state index in [9.17, 15) is 0 Å². The lowest BCUT2D eigenvalue weighted by Gasteiger charge is -2.07. The lowest BCUT2D eigenvalue weighted by Crippen LogP contribution is -2.12. The highest BCUT2D eigenvalue weighted by molar-refractivity contribution is 7.11. The fourth-order valence-corrected chi connectivity index (χ4v) is 2.30. The van der Waals surface area contributed by atoms with Gasteiger partial charge in [-0.15, -0.1) is 11.3 Å². The van der Waals surface area contributed by atoms with Gasteiger partial charge in [-0.05, 0) is 19.1 Å². The van der Waals surface area contributed by atoms with Crippen LogP contribution in [0.5, 0.6) is 0 Å². The molecule has 2 rings (SSSR count). The van der Waals surface area contributed by atoms with E-state index in [0.717, 1.165) is 0 Å². The molecule has 0 saturated heterocycles. The molecule has 0 aromatic carbocycles. The Balaban J connectivity index is 2.07. The summed E-state index contributed by atoms with van der Waals surface area (Å²) in [4.78, 5) is 10.5. The number of hydrazine groups is 1. The molecule has 0 fully saturated rings. The van der Waals surface area contributed by atoms with E-state index in [1.165, 1.54) is 16.0 Å². The van der Waals surface area contributed by atoms with Crippen LogP contribution in [0.3, 0.4) is 0 Å². The maximum absolute atomic E-state index is 5.97. The van der Waals surface area contributed by atoms with E-state index in [0.29, 0.717) is 23.3 Å². The molecule has 2 aromatic rings. The third-order valence-corrected chi connectivity index (χ3v) is 3.38. The number of hydrogen-bond donors (Lipinski definition) is 3. The van der Waals surface area contributed by atoms with Crippen LogP contribution < -0.4 is 16.6 Å². The van der Waals surface area contributed by atoms with E-state index in [1.807, 2.05) is 0 Å². The highest BCUT2D eigenvalue weighted by atomic mass is 35.5. The first-order chi connectivity index (χ1) is 8.19. The van der Waals surface area contributed by atoms with Crippen molar-refractivity contribution in [3.05, 3.63) is 33.1 Å². The van der Waals surface area contributed by atoms with Crippen molar-refractivity contribution in [3.63, 3.8) is 0 Å². The van der Waals surface area contributed by atoms with Gasteiger partial charge in [0.1, 0.15) is 5.02 Å². The van der Waals surface area contributed by atoms with E-state index in [4.69, 9.17) is 17.4 Å². The number of hydrogen-bond acceptors (Lipinski definition) is 6. The van der Waals surface area contributed by atoms with Crippen molar-refractivity contribution in [2.75, 3.05) is 10.7 Å². The van der Waals surface area contributed by atoms with Crippen molar-refractivity contribution in [1.82, 2.24) is 9.97 Å². The van der Waals surface area contributed by atoms with Gasteiger partial charge in [-0.3, -0.25) is 5.43 Å². The minimum atomic E-state index is 0.333. The summed E-state index contributed by atoms with van der Waals surface area (Å²) in [5.74, 6) is 6.14. The average molecular weight is 270 g/mol. The molecule has 2 heterocycles. The molecule has 5 nitrogen and oxygen atoms in total. The van der Waals surface area contributed by atoms with Crippen molar-refractivity contribution in [2.45, 2.75) is 13.5 Å². The largest absolute Gasteiger partial charge is 0.364 e. The summed E-state index contributed by atoms with van der Waals surface area (Å²) in [5, 5.41) is 3.62. The molecule has 2 aromatic heterocycles. The lowest BCUT2D eigenvalue weighted by molar-refractivity contribution is 1.08. The van der Waals surface area contributed by atoms with Gasteiger partial charge in [0.15, 0.2) is 5.82 Å². The van der Waals surface area contributed by atoms with Crippen LogP contribution in [-0.2, 0) is 6.54 Å². The molecule has 0 unspecified atom stereocenters. The van der Waals surface area contributed by atoms with E-state index in [1.54, 1.807) is 11.3 Å². The van der Waals surface area contributed by atoms with E-state index >= 15 is 0 Å². The number of rotatable bonds is 4. The van der Waals surface area contributed by atoms with Gasteiger partial charge in [0.2, 0.25) is 5.95 Å². The number of aromatic nitrogens is 2. The monoisotopic (exact) mass is 269 g/mol. The van der Waals surface area contributed by atoms with Crippen LogP contribution in [0.25, 0.3) is 0 Å². The van der Waals surface area contributed by atoms with Crippen LogP contribution in [0, 0.1) is 6.92 Å². The Morgan fingerprint density at radius 2 is 2.29 bits per heavy atom. The van der Waals surface area contributed by atoms with Crippen LogP contribution in [0.1, 0.15) is 9.75 Å². The molecule has 0 saturated carbocycles. The molecule has 0 atom stereocenters. The maximum Gasteiger partial charge on any atom is 0.239 e. The molecule has 0 aliphatic rings. The zero-order valence-electron chi connectivity index (χ0n) is 9.20. The van der Waals surface area contributed by atoms with E-state index in [-0.39, 0.29) is 0 Å². The quantitative estimate of drug-likeness (QED) is 0.587. The van der Waals surface area contributed by atoms with Gasteiger partial charge in [-0.2, -0.15) is 4.98 Å². The predicted molar refractivity (Wildman–Crippen MR) is 71.2 cm³/mol. The number of nitrogens with zero attached hydrogens (tertiary/aromatic N) is 2. The Morgan fingerprint density at radius 1 is 1.47 bits per heavy atom. The number of aryl methyl sites for hydroxylation is 1. The Hall–Kier alpha value is -1.37. The normalized spacial score (nSPS) is 10.3. The zero-order valence-corrected chi connectivity index (χ0v) is 10.8. The SMILES string of the molecule is Cc1ccc(CNc2nc(NN)ncc2Cl)s1. The number of nitrogens with one attached hydrogen (secondary N) is 2. The molecule has 0 amide bonds. The van der Waals surface area contributed by atoms with Crippen molar-refractivity contribution in [3.8, 4) is 0 Å². The molecular weight excluding hydrogens is 258 g/mol. The van der Waals surface area contributed by atoms with Gasteiger partial charge in [-0.1, -0.05) is 11.6 Å². The standard InChI is InChI=1S/C10H12ClN5S/c1-6-2-3-7(17-6)4-13-9-8(11)5-14-10(15-9)16-12/h2-3,5H,4,12H2,1H3,(H2,13,14,15,16). The summed E-state index contributed by atoms with van der Waals surface area (Å²) in [6.07, 6.45) is 1.51. The number of nitrogen functional groups attached to an aromatic ring is 1. The highest BCUT2D eigenvalue weighted by Gasteiger charge is 2.05. The topological polar surface area (TPSA) is 75.9 Å². The van der Waals surface area contributed by atoms with Crippen molar-refractivity contribution in [1.29, 1.82) is 0 Å². The summed E-state index contributed by atoms with van der Waals surface area (Å²) in [5.41, 5.74) is 2.38. The second kappa shape index (κ2) is 5.31. The van der Waals surface area contributed by atoms with E-state index < -0.39 is 0 Å². The Bertz CT molecular complexity index is 513. The molecule has 7 heteroatoms. The van der Waals surface area contributed by atoms with E-state index in [2.05, 4.69) is 39.8 Å². The first-order valence-electron chi connectivity index (χ1n) is 4.97. The second-order valence-corrected chi connectivity index (χ2v) is 5.18. The van der Waals surface area contributed by atoms with Gasteiger partial charge < -0.3 is 5.32 Å². The minimum Gasteiger partial charge on any atom is -0.364 e. The molecule has 0 spiro atoms. The molecule has 0 aliphatic heterocycles. The molecule has 0 radical (unpaired) electrons. The minimum absolute atomic E-state index is 0.333. The van der Waals surface area contributed by atoms with Crippen molar-refractivity contribution < 1.29 is 0 Å². The van der Waals surface area contributed by atoms with Crippen LogP contribution in [-0.4, -0.2) is 9.97 Å².